The Kier molecular flexibility index (Phi) is 3.46. The lowest BCUT2D eigenvalue weighted by atomic mass is 10.1. The van der Waals surface area contributed by atoms with Gasteiger partial charge in [-0.3, -0.25) is 0 Å². The van der Waals surface area contributed by atoms with Crippen LogP contribution in [0.15, 0.2) is 59.5 Å². The zero-order chi connectivity index (χ0) is 10.5. The molecule has 2 aromatic carbocycles. The van der Waals surface area contributed by atoms with Crippen LogP contribution in [0.25, 0.3) is 11.1 Å². The predicted molar refractivity (Wildman–Crippen MR) is 68.3 cm³/mol. The van der Waals surface area contributed by atoms with E-state index in [1.165, 1.54) is 16.0 Å². The first kappa shape index (κ1) is 10.3. The fourth-order valence-corrected chi connectivity index (χ4v) is 2.20. The lowest BCUT2D eigenvalue weighted by Gasteiger charge is -2.02. The molecule has 0 amide bonds. The first-order valence-electron chi connectivity index (χ1n) is 5.18. The minimum Gasteiger partial charge on any atom is -0.126 e. The molecular formula is C14H14S. The van der Waals surface area contributed by atoms with E-state index < -0.39 is 0 Å². The number of rotatable bonds is 3. The molecule has 0 unspecified atom stereocenters. The fourth-order valence-electron chi connectivity index (χ4n) is 1.54. The Morgan fingerprint density at radius 1 is 0.800 bits per heavy atom. The minimum atomic E-state index is 1.13. The average molecular weight is 214 g/mol. The van der Waals surface area contributed by atoms with Gasteiger partial charge in [0.15, 0.2) is 0 Å². The Morgan fingerprint density at radius 2 is 1.40 bits per heavy atom. The second-order valence-electron chi connectivity index (χ2n) is 3.32. The molecule has 76 valence electrons. The molecule has 0 N–H and O–H groups in total. The van der Waals surface area contributed by atoms with Crippen molar-refractivity contribution in [3.05, 3.63) is 54.6 Å². The van der Waals surface area contributed by atoms with E-state index >= 15 is 0 Å². The maximum absolute atomic E-state index is 2.19. The number of hydrogen-bond donors (Lipinski definition) is 0. The van der Waals surface area contributed by atoms with E-state index in [0.717, 1.165) is 5.75 Å². The molecule has 0 spiro atoms. The van der Waals surface area contributed by atoms with Crippen molar-refractivity contribution in [1.82, 2.24) is 0 Å². The molecule has 2 rings (SSSR count). The largest absolute Gasteiger partial charge is 0.126 e. The van der Waals surface area contributed by atoms with Gasteiger partial charge in [0.2, 0.25) is 0 Å². The summed E-state index contributed by atoms with van der Waals surface area (Å²) >= 11 is 1.88. The topological polar surface area (TPSA) is 0 Å². The van der Waals surface area contributed by atoms with E-state index in [-0.39, 0.29) is 0 Å². The molecule has 0 heterocycles. The highest BCUT2D eigenvalue weighted by atomic mass is 32.2. The van der Waals surface area contributed by atoms with Crippen molar-refractivity contribution in [1.29, 1.82) is 0 Å². The van der Waals surface area contributed by atoms with Crippen LogP contribution in [0.2, 0.25) is 0 Å². The van der Waals surface area contributed by atoms with E-state index in [9.17, 15) is 0 Å². The van der Waals surface area contributed by atoms with Crippen LogP contribution >= 0.6 is 11.8 Å². The van der Waals surface area contributed by atoms with E-state index in [2.05, 4.69) is 55.5 Å². The van der Waals surface area contributed by atoms with Crippen molar-refractivity contribution in [2.24, 2.45) is 0 Å². The third-order valence-corrected chi connectivity index (χ3v) is 3.17. The number of benzene rings is 2. The quantitative estimate of drug-likeness (QED) is 0.679. The highest BCUT2D eigenvalue weighted by Crippen LogP contribution is 2.23. The molecule has 1 heteroatoms. The first-order valence-corrected chi connectivity index (χ1v) is 6.17. The van der Waals surface area contributed by atoms with Gasteiger partial charge in [-0.1, -0.05) is 49.4 Å². The fraction of sp³-hybridized carbons (Fsp3) is 0.143. The summed E-state index contributed by atoms with van der Waals surface area (Å²) in [5.41, 5.74) is 2.57. The van der Waals surface area contributed by atoms with Crippen LogP contribution in [0, 0.1) is 0 Å². The summed E-state index contributed by atoms with van der Waals surface area (Å²) in [6.45, 7) is 2.18. The zero-order valence-electron chi connectivity index (χ0n) is 8.81. The van der Waals surface area contributed by atoms with Gasteiger partial charge in [-0.05, 0) is 29.0 Å². The maximum atomic E-state index is 2.19. The Balaban J connectivity index is 2.24. The van der Waals surface area contributed by atoms with Crippen LogP contribution < -0.4 is 0 Å². The third kappa shape index (κ3) is 2.63. The third-order valence-electron chi connectivity index (χ3n) is 2.27. The maximum Gasteiger partial charge on any atom is 0.00722 e. The van der Waals surface area contributed by atoms with Crippen LogP contribution in [0.1, 0.15) is 6.92 Å². The molecule has 15 heavy (non-hydrogen) atoms. The van der Waals surface area contributed by atoms with Gasteiger partial charge in [-0.15, -0.1) is 11.8 Å². The van der Waals surface area contributed by atoms with Crippen LogP contribution in [0.5, 0.6) is 0 Å². The zero-order valence-corrected chi connectivity index (χ0v) is 9.63. The second-order valence-corrected chi connectivity index (χ2v) is 4.66. The molecule has 0 atom stereocenters. The van der Waals surface area contributed by atoms with Gasteiger partial charge >= 0.3 is 0 Å². The van der Waals surface area contributed by atoms with Crippen molar-refractivity contribution in [3.8, 4) is 11.1 Å². The summed E-state index contributed by atoms with van der Waals surface area (Å²) < 4.78 is 0. The molecule has 0 aliphatic carbocycles. The van der Waals surface area contributed by atoms with Gasteiger partial charge in [-0.2, -0.15) is 0 Å². The van der Waals surface area contributed by atoms with E-state index in [4.69, 9.17) is 0 Å². The van der Waals surface area contributed by atoms with Crippen molar-refractivity contribution in [3.63, 3.8) is 0 Å². The molecule has 0 radical (unpaired) electrons. The van der Waals surface area contributed by atoms with Crippen molar-refractivity contribution in [2.45, 2.75) is 11.8 Å². The normalized spacial score (nSPS) is 10.2. The highest BCUT2D eigenvalue weighted by Gasteiger charge is 1.96. The smallest absolute Gasteiger partial charge is 0.00722 e. The summed E-state index contributed by atoms with van der Waals surface area (Å²) in [5, 5.41) is 0. The van der Waals surface area contributed by atoms with Crippen molar-refractivity contribution >= 4 is 11.8 Å². The predicted octanol–water partition coefficient (Wildman–Crippen LogP) is 4.47. The molecule has 0 aliphatic heterocycles. The Morgan fingerprint density at radius 3 is 2.00 bits per heavy atom. The van der Waals surface area contributed by atoms with Crippen molar-refractivity contribution < 1.29 is 0 Å². The number of thioether (sulfide) groups is 1. The Bertz CT molecular complexity index is 403. The molecule has 0 fully saturated rings. The highest BCUT2D eigenvalue weighted by molar-refractivity contribution is 7.99. The molecule has 2 aromatic rings. The summed E-state index contributed by atoms with van der Waals surface area (Å²) in [6.07, 6.45) is 0. The van der Waals surface area contributed by atoms with Gasteiger partial charge < -0.3 is 0 Å². The Labute approximate surface area is 95.3 Å². The number of hydrogen-bond acceptors (Lipinski definition) is 1. The molecule has 0 aliphatic rings. The SMILES string of the molecule is CCSc1ccc(-c2ccccc2)cc1. The van der Waals surface area contributed by atoms with Crippen LogP contribution in [-0.4, -0.2) is 5.75 Å². The standard InChI is InChI=1S/C14H14S/c1-2-15-14-10-8-13(9-11-14)12-6-4-3-5-7-12/h3-11H,2H2,1H3. The van der Waals surface area contributed by atoms with Gasteiger partial charge in [0.25, 0.3) is 0 Å². The Hall–Kier alpha value is -1.21. The summed E-state index contributed by atoms with van der Waals surface area (Å²) in [6, 6.07) is 19.2. The second kappa shape index (κ2) is 5.04. The van der Waals surface area contributed by atoms with Gasteiger partial charge in [0.05, 0.1) is 0 Å². The average Bonchev–Trinajstić information content (AvgIpc) is 2.32. The summed E-state index contributed by atoms with van der Waals surface area (Å²) in [4.78, 5) is 1.34. The van der Waals surface area contributed by atoms with E-state index in [1.807, 2.05) is 17.8 Å². The van der Waals surface area contributed by atoms with Gasteiger partial charge in [0, 0.05) is 4.90 Å². The lowest BCUT2D eigenvalue weighted by molar-refractivity contribution is 1.43. The summed E-state index contributed by atoms with van der Waals surface area (Å²) in [7, 11) is 0. The van der Waals surface area contributed by atoms with Crippen molar-refractivity contribution in [2.75, 3.05) is 5.75 Å². The van der Waals surface area contributed by atoms with Gasteiger partial charge in [-0.25, -0.2) is 0 Å². The molecule has 0 saturated heterocycles. The van der Waals surface area contributed by atoms with E-state index in [0.29, 0.717) is 0 Å². The molecule has 0 nitrogen and oxygen atoms in total. The monoisotopic (exact) mass is 214 g/mol. The molecule has 0 bridgehead atoms. The van der Waals surface area contributed by atoms with Crippen LogP contribution in [0.3, 0.4) is 0 Å². The lowest BCUT2D eigenvalue weighted by Crippen LogP contribution is -1.77. The molecule has 0 aromatic heterocycles. The van der Waals surface area contributed by atoms with Crippen LogP contribution in [-0.2, 0) is 0 Å². The minimum absolute atomic E-state index is 1.13. The van der Waals surface area contributed by atoms with E-state index in [1.54, 1.807) is 0 Å². The first-order chi connectivity index (χ1) is 7.40. The molecule has 0 saturated carbocycles. The molecular weight excluding hydrogens is 200 g/mol. The van der Waals surface area contributed by atoms with Gasteiger partial charge in [0.1, 0.15) is 0 Å². The van der Waals surface area contributed by atoms with Crippen LogP contribution in [0.4, 0.5) is 0 Å². The summed E-state index contributed by atoms with van der Waals surface area (Å²) in [5.74, 6) is 1.13.